The van der Waals surface area contributed by atoms with E-state index in [9.17, 15) is 0 Å². The van der Waals surface area contributed by atoms with E-state index >= 15 is 0 Å². The normalized spacial score (nSPS) is 15.3. The van der Waals surface area contributed by atoms with Crippen LogP contribution < -0.4 is 0 Å². The summed E-state index contributed by atoms with van der Waals surface area (Å²) in [7, 11) is 0. The van der Waals surface area contributed by atoms with E-state index in [1.165, 1.54) is 230 Å². The first-order valence-corrected chi connectivity index (χ1v) is 31.3. The fraction of sp³-hybridized carbons (Fsp3) is 0.211. The molecule has 17 rings (SSSR count). The molecule has 3 aromatic heterocycles. The van der Waals surface area contributed by atoms with Gasteiger partial charge in [-0.25, -0.2) is 0 Å². The van der Waals surface area contributed by atoms with Crippen molar-refractivity contribution < 1.29 is 0 Å². The zero-order valence-corrected chi connectivity index (χ0v) is 46.4. The first kappa shape index (κ1) is 46.4. The Kier molecular flexibility index (Phi) is 10.9. The second kappa shape index (κ2) is 18.5. The summed E-state index contributed by atoms with van der Waals surface area (Å²) in [6, 6.07) is 67.6. The molecule has 3 heterocycles. The summed E-state index contributed by atoms with van der Waals surface area (Å²) in [4.78, 5) is 3.89. The number of rotatable bonds is 6. The molecule has 4 aliphatic carbocycles. The summed E-state index contributed by atoms with van der Waals surface area (Å²) in [6.45, 7) is 0. The number of aromatic nitrogens is 1. The molecule has 79 heavy (non-hydrogen) atoms. The average molecular weight is 1050 g/mol. The van der Waals surface area contributed by atoms with E-state index in [1.54, 1.807) is 33.4 Å². The van der Waals surface area contributed by atoms with Gasteiger partial charge in [0.2, 0.25) is 0 Å². The molecule has 3 heteroatoms. The van der Waals surface area contributed by atoms with E-state index in [-0.39, 0.29) is 0 Å². The van der Waals surface area contributed by atoms with Gasteiger partial charge in [0.05, 0.1) is 0 Å². The van der Waals surface area contributed by atoms with Crippen LogP contribution in [-0.4, -0.2) is 4.98 Å². The molecular weight excluding hydrogens is 991 g/mol. The number of benzene rings is 10. The van der Waals surface area contributed by atoms with Gasteiger partial charge in [-0.3, -0.25) is 0 Å². The summed E-state index contributed by atoms with van der Waals surface area (Å²) in [5, 5.41) is 8.04. The smallest absolute Gasteiger partial charge is 0.0465 e. The molecule has 10 aromatic carbocycles. The van der Waals surface area contributed by atoms with Crippen molar-refractivity contribution in [3.8, 4) is 66.8 Å². The molecule has 0 bridgehead atoms. The van der Waals surface area contributed by atoms with Crippen LogP contribution in [0.1, 0.15) is 95.9 Å². The van der Waals surface area contributed by atoms with Crippen LogP contribution in [0.5, 0.6) is 0 Å². The van der Waals surface area contributed by atoms with Crippen molar-refractivity contribution in [1.29, 1.82) is 0 Å². The third kappa shape index (κ3) is 7.59. The first-order valence-electron chi connectivity index (χ1n) is 29.6. The van der Waals surface area contributed by atoms with E-state index in [1.807, 2.05) is 22.7 Å². The van der Waals surface area contributed by atoms with Crippen LogP contribution in [0.2, 0.25) is 0 Å². The molecule has 0 spiro atoms. The highest BCUT2D eigenvalue weighted by atomic mass is 32.1. The number of nitrogens with one attached hydrogen (secondary N) is 1. The van der Waals surface area contributed by atoms with Crippen molar-refractivity contribution in [2.45, 2.75) is 103 Å². The highest BCUT2D eigenvalue weighted by Crippen LogP contribution is 2.49. The van der Waals surface area contributed by atoms with Gasteiger partial charge in [-0.1, -0.05) is 97.1 Å². The first-order chi connectivity index (χ1) is 39.1. The van der Waals surface area contributed by atoms with Gasteiger partial charge in [-0.2, -0.15) is 0 Å². The number of thiophene rings is 2. The van der Waals surface area contributed by atoms with E-state index in [4.69, 9.17) is 0 Å². The average Bonchev–Trinajstić information content (AvgIpc) is 4.24. The van der Waals surface area contributed by atoms with Gasteiger partial charge in [-0.05, 0) is 276 Å². The summed E-state index contributed by atoms with van der Waals surface area (Å²) in [5.41, 5.74) is 31.0. The molecule has 13 aromatic rings. The lowest BCUT2D eigenvalue weighted by Crippen LogP contribution is -2.04. The van der Waals surface area contributed by atoms with Crippen LogP contribution in [-0.2, 0) is 51.4 Å². The van der Waals surface area contributed by atoms with Gasteiger partial charge in [0.25, 0.3) is 0 Å². The maximum atomic E-state index is 3.89. The second-order valence-corrected chi connectivity index (χ2v) is 25.8. The number of hydrogen-bond donors (Lipinski definition) is 1. The zero-order valence-electron chi connectivity index (χ0n) is 44.8. The minimum atomic E-state index is 1.15. The Labute approximate surface area is 470 Å². The van der Waals surface area contributed by atoms with Gasteiger partial charge in [0, 0.05) is 73.3 Å². The van der Waals surface area contributed by atoms with Crippen LogP contribution in [0.3, 0.4) is 0 Å². The number of aromatic amines is 1. The molecular formula is C76H61NS2. The lowest BCUT2D eigenvalue weighted by atomic mass is 9.84. The van der Waals surface area contributed by atoms with Crippen molar-refractivity contribution in [1.82, 2.24) is 4.98 Å². The Bertz CT molecular complexity index is 4390. The predicted octanol–water partition coefficient (Wildman–Crippen LogP) is 21.6. The summed E-state index contributed by atoms with van der Waals surface area (Å²) >= 11 is 3.94. The lowest BCUT2D eigenvalue weighted by molar-refractivity contribution is 0.687. The molecule has 1 nitrogen and oxygen atoms in total. The Morgan fingerprint density at radius 3 is 0.962 bits per heavy atom. The molecule has 1 N–H and O–H groups in total. The third-order valence-electron chi connectivity index (χ3n) is 19.2. The van der Waals surface area contributed by atoms with Crippen LogP contribution >= 0.6 is 22.7 Å². The van der Waals surface area contributed by atoms with Crippen LogP contribution in [0.15, 0.2) is 170 Å². The van der Waals surface area contributed by atoms with Crippen molar-refractivity contribution in [2.24, 2.45) is 0 Å². The Balaban J connectivity index is 0.853. The minimum absolute atomic E-state index is 1.15. The van der Waals surface area contributed by atoms with Gasteiger partial charge in [-0.15, -0.1) is 22.7 Å². The fourth-order valence-electron chi connectivity index (χ4n) is 15.3. The largest absolute Gasteiger partial charge is 0.355 e. The second-order valence-electron chi connectivity index (χ2n) is 23.7. The Morgan fingerprint density at radius 1 is 0.253 bits per heavy atom. The van der Waals surface area contributed by atoms with Crippen LogP contribution in [0, 0.1) is 0 Å². The number of aryl methyl sites for hydroxylation is 4. The van der Waals surface area contributed by atoms with Crippen molar-refractivity contribution >= 4 is 84.8 Å². The number of fused-ring (bicyclic) bond motifs is 13. The quantitative estimate of drug-likeness (QED) is 0.171. The molecule has 0 atom stereocenters. The Hall–Kier alpha value is -7.56. The molecule has 0 aliphatic heterocycles. The van der Waals surface area contributed by atoms with Crippen molar-refractivity contribution in [3.63, 3.8) is 0 Å². The van der Waals surface area contributed by atoms with Crippen LogP contribution in [0.4, 0.5) is 0 Å². The van der Waals surface area contributed by atoms with Gasteiger partial charge >= 0.3 is 0 Å². The molecule has 0 saturated carbocycles. The number of H-pyrrole nitrogens is 1. The van der Waals surface area contributed by atoms with Gasteiger partial charge in [0.1, 0.15) is 0 Å². The molecule has 0 unspecified atom stereocenters. The maximum absolute atomic E-state index is 3.89. The van der Waals surface area contributed by atoms with E-state index in [0.717, 1.165) is 12.8 Å². The summed E-state index contributed by atoms with van der Waals surface area (Å²) < 4.78 is 5.46. The molecule has 0 amide bonds. The summed E-state index contributed by atoms with van der Waals surface area (Å²) in [6.07, 6.45) is 19.6. The van der Waals surface area contributed by atoms with E-state index in [2.05, 4.69) is 175 Å². The predicted molar refractivity (Wildman–Crippen MR) is 341 cm³/mol. The highest BCUT2D eigenvalue weighted by Gasteiger charge is 2.24. The fourth-order valence-corrected chi connectivity index (χ4v) is 17.7. The summed E-state index contributed by atoms with van der Waals surface area (Å²) in [5.74, 6) is 0. The molecule has 4 aliphatic rings. The lowest BCUT2D eigenvalue weighted by Gasteiger charge is -2.20. The van der Waals surface area contributed by atoms with E-state index in [0.29, 0.717) is 0 Å². The molecule has 0 radical (unpaired) electrons. The third-order valence-corrected chi connectivity index (χ3v) is 21.6. The SMILES string of the molecule is c1cc2c(c(-c3ccc4sc5c(-c6ccc7[nH]c8ccc(-c9cc(-c%10cccc%11c%10CCCC%11)cc%10c9sc9ccc(-c%11cccc%12c%11CCCC%12)cc9%10)cc8c7c6)cc(-c6cccc7c6CCCC7)cc5c4c3)c1)CCCC2. The minimum Gasteiger partial charge on any atom is -0.355 e. The van der Waals surface area contributed by atoms with Gasteiger partial charge in [0.15, 0.2) is 0 Å². The molecule has 382 valence electrons. The Morgan fingerprint density at radius 2 is 0.570 bits per heavy atom. The zero-order chi connectivity index (χ0) is 51.7. The molecule has 0 saturated heterocycles. The topological polar surface area (TPSA) is 15.8 Å². The monoisotopic (exact) mass is 1050 g/mol. The maximum Gasteiger partial charge on any atom is 0.0465 e. The molecule has 0 fully saturated rings. The number of hydrogen-bond acceptors (Lipinski definition) is 2. The van der Waals surface area contributed by atoms with E-state index < -0.39 is 0 Å². The van der Waals surface area contributed by atoms with Gasteiger partial charge < -0.3 is 4.98 Å². The van der Waals surface area contributed by atoms with Crippen molar-refractivity contribution in [2.75, 3.05) is 0 Å². The standard InChI is InChI=1S/C76H61NS2/c1-5-21-55-45(13-1)17-9-25-59(55)49-31-35-73-67(39-49)69-43-53(61-27-11-19-47-15-3-7-23-57(47)61)41-63(75(69)78-73)51-29-33-71-65(37-51)66-38-52(30-34-72(66)77-71)64-42-54(62-28-12-20-48-16-4-8-24-58(48)62)44-70-68-40-50(32-36-74(68)79-76(64)70)60-26-10-18-46-14-2-6-22-56(46)60/h9-12,17-20,25-44,77H,1-8,13-16,21-24H2. The highest BCUT2D eigenvalue weighted by molar-refractivity contribution is 7.26. The van der Waals surface area contributed by atoms with Crippen molar-refractivity contribution in [3.05, 3.63) is 214 Å². The van der Waals surface area contributed by atoms with Crippen LogP contribution in [0.25, 0.3) is 129 Å².